The van der Waals surface area contributed by atoms with Crippen molar-refractivity contribution in [2.24, 2.45) is 0 Å². The topological polar surface area (TPSA) is 40.6 Å². The molecule has 112 valence electrons. The minimum atomic E-state index is -0.565. The molecule has 2 atom stereocenters. The van der Waals surface area contributed by atoms with Crippen molar-refractivity contribution in [2.75, 3.05) is 6.54 Å². The summed E-state index contributed by atoms with van der Waals surface area (Å²) in [5, 5.41) is 0.0263. The van der Waals surface area contributed by atoms with Crippen molar-refractivity contribution in [3.63, 3.8) is 0 Å². The average Bonchev–Trinajstić information content (AvgIpc) is 2.95. The molecule has 0 spiro atoms. The van der Waals surface area contributed by atoms with Gasteiger partial charge in [0, 0.05) is 18.7 Å². The molecule has 6 heteroatoms. The lowest BCUT2D eigenvalue weighted by Gasteiger charge is -2.41. The minimum absolute atomic E-state index is 0.0263. The van der Waals surface area contributed by atoms with Crippen LogP contribution in [0.15, 0.2) is 18.2 Å². The van der Waals surface area contributed by atoms with Crippen molar-refractivity contribution in [1.29, 1.82) is 0 Å². The van der Waals surface area contributed by atoms with Crippen molar-refractivity contribution in [2.45, 2.75) is 38.4 Å². The molecule has 0 N–H and O–H groups in total. The van der Waals surface area contributed by atoms with Gasteiger partial charge >= 0.3 is 0 Å². The van der Waals surface area contributed by atoms with Gasteiger partial charge in [-0.2, -0.15) is 0 Å². The smallest absolute Gasteiger partial charge is 0.246 e. The van der Waals surface area contributed by atoms with Gasteiger partial charge in [-0.3, -0.25) is 9.59 Å². The second-order valence-electron chi connectivity index (χ2n) is 5.54. The number of benzene rings is 1. The Labute approximate surface area is 127 Å². The van der Waals surface area contributed by atoms with Crippen LogP contribution in [0.1, 0.15) is 25.3 Å². The molecular formula is C15H16ClFN2O2. The fourth-order valence-electron chi connectivity index (χ4n) is 3.11. The fourth-order valence-corrected chi connectivity index (χ4v) is 3.31. The van der Waals surface area contributed by atoms with E-state index >= 15 is 0 Å². The van der Waals surface area contributed by atoms with Crippen LogP contribution in [0, 0.1) is 5.82 Å². The summed E-state index contributed by atoms with van der Waals surface area (Å²) in [5.74, 6) is -0.682. The first-order chi connectivity index (χ1) is 10.0. The maximum Gasteiger partial charge on any atom is 0.246 e. The van der Waals surface area contributed by atoms with Gasteiger partial charge in [0.1, 0.15) is 17.9 Å². The number of carbonyl (C=O) groups excluding carboxylic acids is 2. The quantitative estimate of drug-likeness (QED) is 0.840. The van der Waals surface area contributed by atoms with Crippen molar-refractivity contribution in [3.8, 4) is 0 Å². The lowest BCUT2D eigenvalue weighted by Crippen LogP contribution is -2.61. The third-order valence-electron chi connectivity index (χ3n) is 4.30. The average molecular weight is 311 g/mol. The van der Waals surface area contributed by atoms with Crippen LogP contribution in [0.3, 0.4) is 0 Å². The maximum absolute atomic E-state index is 14.0. The maximum atomic E-state index is 14.0. The van der Waals surface area contributed by atoms with E-state index in [0.29, 0.717) is 18.5 Å². The molecule has 1 aromatic carbocycles. The van der Waals surface area contributed by atoms with Gasteiger partial charge in [0.05, 0.1) is 5.02 Å². The van der Waals surface area contributed by atoms with Gasteiger partial charge in [-0.25, -0.2) is 4.39 Å². The summed E-state index contributed by atoms with van der Waals surface area (Å²) in [5.41, 5.74) is 0.335. The van der Waals surface area contributed by atoms with Gasteiger partial charge in [-0.15, -0.1) is 0 Å². The van der Waals surface area contributed by atoms with Gasteiger partial charge in [0.2, 0.25) is 11.8 Å². The molecule has 0 unspecified atom stereocenters. The first kappa shape index (κ1) is 14.3. The largest absolute Gasteiger partial charge is 0.329 e. The van der Waals surface area contributed by atoms with E-state index in [1.165, 1.54) is 11.0 Å². The molecule has 0 aliphatic carbocycles. The number of rotatable bonds is 2. The second-order valence-corrected chi connectivity index (χ2v) is 5.95. The van der Waals surface area contributed by atoms with Gasteiger partial charge in [-0.1, -0.05) is 23.7 Å². The zero-order valence-corrected chi connectivity index (χ0v) is 12.4. The normalized spacial score (nSPS) is 25.5. The number of nitrogens with zero attached hydrogens (tertiary/aromatic N) is 2. The molecule has 2 aliphatic rings. The highest BCUT2D eigenvalue weighted by molar-refractivity contribution is 6.30. The molecule has 2 aliphatic heterocycles. The minimum Gasteiger partial charge on any atom is -0.329 e. The summed E-state index contributed by atoms with van der Waals surface area (Å²) in [6, 6.07) is 3.75. The molecule has 0 bridgehead atoms. The van der Waals surface area contributed by atoms with Crippen LogP contribution >= 0.6 is 11.6 Å². The van der Waals surface area contributed by atoms with Crippen LogP contribution in [0.4, 0.5) is 4.39 Å². The van der Waals surface area contributed by atoms with E-state index in [2.05, 4.69) is 0 Å². The first-order valence-electron chi connectivity index (χ1n) is 7.04. The highest BCUT2D eigenvalue weighted by Crippen LogP contribution is 2.29. The first-order valence-corrected chi connectivity index (χ1v) is 7.42. The molecule has 3 rings (SSSR count). The van der Waals surface area contributed by atoms with E-state index in [1.807, 2.05) is 0 Å². The number of hydrogen-bond donors (Lipinski definition) is 0. The van der Waals surface area contributed by atoms with Gasteiger partial charge in [0.25, 0.3) is 0 Å². The zero-order valence-electron chi connectivity index (χ0n) is 11.7. The Hall–Kier alpha value is -1.62. The lowest BCUT2D eigenvalue weighted by atomic mass is 10.0. The van der Waals surface area contributed by atoms with Crippen molar-refractivity contribution < 1.29 is 14.0 Å². The number of carbonyl (C=O) groups is 2. The number of piperazine rings is 1. The molecule has 0 radical (unpaired) electrons. The summed E-state index contributed by atoms with van der Waals surface area (Å²) < 4.78 is 14.0. The van der Waals surface area contributed by atoms with E-state index < -0.39 is 11.9 Å². The molecule has 1 aromatic rings. The molecule has 2 amide bonds. The van der Waals surface area contributed by atoms with Crippen molar-refractivity contribution >= 4 is 23.4 Å². The second kappa shape index (κ2) is 5.30. The van der Waals surface area contributed by atoms with Gasteiger partial charge < -0.3 is 9.80 Å². The van der Waals surface area contributed by atoms with Crippen molar-refractivity contribution in [1.82, 2.24) is 9.80 Å². The van der Waals surface area contributed by atoms with Gasteiger partial charge in [-0.05, 0) is 25.8 Å². The molecule has 21 heavy (non-hydrogen) atoms. The molecule has 2 heterocycles. The third kappa shape index (κ3) is 2.29. The van der Waals surface area contributed by atoms with Crippen LogP contribution in [-0.4, -0.2) is 40.2 Å². The van der Waals surface area contributed by atoms with Crippen molar-refractivity contribution in [3.05, 3.63) is 34.6 Å². The van der Waals surface area contributed by atoms with Crippen LogP contribution < -0.4 is 0 Å². The predicted octanol–water partition coefficient (Wildman–Crippen LogP) is 2.20. The standard InChI is InChI=1S/C15H16ClFN2O2/c1-9-14(20)18-7-3-6-12(18)15(21)19(9)8-10-4-2-5-11(16)13(10)17/h2,4-5,9,12H,3,6-8H2,1H3/t9-,12-/m0/s1. The fraction of sp³-hybridized carbons (Fsp3) is 0.467. The molecule has 2 saturated heterocycles. The molecule has 0 aromatic heterocycles. The molecule has 0 saturated carbocycles. The SMILES string of the molecule is C[C@H]1C(=O)N2CCC[C@H]2C(=O)N1Cc1cccc(Cl)c1F. The number of fused-ring (bicyclic) bond motifs is 1. The summed E-state index contributed by atoms with van der Waals surface area (Å²) in [7, 11) is 0. The summed E-state index contributed by atoms with van der Waals surface area (Å²) in [4.78, 5) is 28.0. The Morgan fingerprint density at radius 3 is 2.86 bits per heavy atom. The van der Waals surface area contributed by atoms with Crippen LogP contribution in [0.25, 0.3) is 0 Å². The van der Waals surface area contributed by atoms with E-state index in [9.17, 15) is 14.0 Å². The Kier molecular flexibility index (Phi) is 3.61. The monoisotopic (exact) mass is 310 g/mol. The van der Waals surface area contributed by atoms with Crippen LogP contribution in [0.5, 0.6) is 0 Å². The predicted molar refractivity (Wildman–Crippen MR) is 76.2 cm³/mol. The third-order valence-corrected chi connectivity index (χ3v) is 4.59. The number of amides is 2. The van der Waals surface area contributed by atoms with E-state index in [0.717, 1.165) is 6.42 Å². The highest BCUT2D eigenvalue weighted by Gasteiger charge is 2.45. The Morgan fingerprint density at radius 2 is 2.10 bits per heavy atom. The molecule has 4 nitrogen and oxygen atoms in total. The van der Waals surface area contributed by atoms with E-state index in [4.69, 9.17) is 11.6 Å². The Balaban J connectivity index is 1.89. The number of hydrogen-bond acceptors (Lipinski definition) is 2. The highest BCUT2D eigenvalue weighted by atomic mass is 35.5. The molecule has 2 fully saturated rings. The number of halogens is 2. The zero-order chi connectivity index (χ0) is 15.1. The van der Waals surface area contributed by atoms with Crippen LogP contribution in [0.2, 0.25) is 5.02 Å². The van der Waals surface area contributed by atoms with E-state index in [-0.39, 0.29) is 29.4 Å². The lowest BCUT2D eigenvalue weighted by molar-refractivity contribution is -0.159. The van der Waals surface area contributed by atoms with Gasteiger partial charge in [0.15, 0.2) is 0 Å². The summed E-state index contributed by atoms with van der Waals surface area (Å²) in [6.45, 7) is 2.40. The Morgan fingerprint density at radius 1 is 1.33 bits per heavy atom. The van der Waals surface area contributed by atoms with E-state index in [1.54, 1.807) is 24.0 Å². The van der Waals surface area contributed by atoms with Crippen LogP contribution in [-0.2, 0) is 16.1 Å². The Bertz CT molecular complexity index is 607. The molecular weight excluding hydrogens is 295 g/mol. The summed E-state index contributed by atoms with van der Waals surface area (Å²) >= 11 is 5.77. The summed E-state index contributed by atoms with van der Waals surface area (Å²) in [6.07, 6.45) is 1.53.